The molecule has 2 aromatic rings. The van der Waals surface area contributed by atoms with Crippen LogP contribution in [0, 0.1) is 0 Å². The minimum Gasteiger partial charge on any atom is -0.465 e. The van der Waals surface area contributed by atoms with E-state index >= 15 is 0 Å². The zero-order chi connectivity index (χ0) is 17.4. The molecule has 23 heavy (non-hydrogen) atoms. The number of carbonyl (C=O) groups excluding carboxylic acids is 1. The van der Waals surface area contributed by atoms with Crippen molar-refractivity contribution in [1.29, 1.82) is 0 Å². The predicted molar refractivity (Wildman–Crippen MR) is 81.0 cm³/mol. The first kappa shape index (κ1) is 17.8. The maximum atomic E-state index is 13.0. The number of alkyl halides is 3. The number of esters is 1. The topological polar surface area (TPSA) is 39.2 Å². The monoisotopic (exact) mass is 383 g/mol. The molecule has 0 saturated heterocycles. The highest BCUT2D eigenvalue weighted by molar-refractivity contribution is 6.44. The van der Waals surface area contributed by atoms with Crippen LogP contribution in [0.3, 0.4) is 0 Å². The van der Waals surface area contributed by atoms with E-state index in [0.29, 0.717) is 6.20 Å². The molecule has 1 heterocycles. The molecule has 0 aliphatic heterocycles. The Morgan fingerprint density at radius 3 is 2.26 bits per heavy atom. The standard InChI is InChI=1S/C14H7Cl3F3NO2/c1-23-13(22)6-3-12(21-5-8(6)14(18,19)20)7-2-10(16)11(17)4-9(7)15/h2-5H,1H3. The molecule has 0 aliphatic rings. The van der Waals surface area contributed by atoms with Gasteiger partial charge in [-0.2, -0.15) is 13.2 Å². The van der Waals surface area contributed by atoms with Gasteiger partial charge in [0.25, 0.3) is 0 Å². The smallest absolute Gasteiger partial charge is 0.418 e. The maximum absolute atomic E-state index is 13.0. The molecule has 0 aliphatic carbocycles. The molecule has 0 spiro atoms. The van der Waals surface area contributed by atoms with Crippen LogP contribution in [0.15, 0.2) is 24.4 Å². The number of nitrogens with zero attached hydrogens (tertiary/aromatic N) is 1. The van der Waals surface area contributed by atoms with Gasteiger partial charge in [0.15, 0.2) is 0 Å². The van der Waals surface area contributed by atoms with Gasteiger partial charge in [-0.1, -0.05) is 34.8 Å². The van der Waals surface area contributed by atoms with E-state index < -0.39 is 23.3 Å². The summed E-state index contributed by atoms with van der Waals surface area (Å²) in [5.41, 5.74) is -1.61. The van der Waals surface area contributed by atoms with Crippen LogP contribution < -0.4 is 0 Å². The van der Waals surface area contributed by atoms with Gasteiger partial charge in [-0.25, -0.2) is 4.79 Å². The van der Waals surface area contributed by atoms with Crippen LogP contribution in [0.4, 0.5) is 13.2 Å². The third kappa shape index (κ3) is 3.71. The van der Waals surface area contributed by atoms with E-state index in [-0.39, 0.29) is 26.3 Å². The van der Waals surface area contributed by atoms with Crippen molar-refractivity contribution in [2.45, 2.75) is 6.18 Å². The van der Waals surface area contributed by atoms with Gasteiger partial charge in [0.1, 0.15) is 0 Å². The van der Waals surface area contributed by atoms with E-state index in [9.17, 15) is 18.0 Å². The van der Waals surface area contributed by atoms with E-state index in [1.165, 1.54) is 12.1 Å². The molecule has 0 atom stereocenters. The van der Waals surface area contributed by atoms with Gasteiger partial charge in [0, 0.05) is 11.8 Å². The van der Waals surface area contributed by atoms with Crippen LogP contribution in [0.25, 0.3) is 11.3 Å². The summed E-state index contributed by atoms with van der Waals surface area (Å²) in [6.45, 7) is 0. The van der Waals surface area contributed by atoms with Crippen LogP contribution in [-0.2, 0) is 10.9 Å². The molecular formula is C14H7Cl3F3NO2. The predicted octanol–water partition coefficient (Wildman–Crippen LogP) is 5.51. The second kappa shape index (κ2) is 6.55. The van der Waals surface area contributed by atoms with Crippen LogP contribution >= 0.6 is 34.8 Å². The molecule has 0 radical (unpaired) electrons. The number of hydrogen-bond acceptors (Lipinski definition) is 3. The van der Waals surface area contributed by atoms with E-state index in [1.54, 1.807) is 0 Å². The molecule has 9 heteroatoms. The Balaban J connectivity index is 2.67. The number of hydrogen-bond donors (Lipinski definition) is 0. The lowest BCUT2D eigenvalue weighted by Crippen LogP contribution is -2.15. The lowest BCUT2D eigenvalue weighted by atomic mass is 10.0. The van der Waals surface area contributed by atoms with Crippen molar-refractivity contribution in [1.82, 2.24) is 4.98 Å². The second-order valence-corrected chi connectivity index (χ2v) is 5.57. The lowest BCUT2D eigenvalue weighted by Gasteiger charge is -2.13. The average Bonchev–Trinajstić information content (AvgIpc) is 2.48. The van der Waals surface area contributed by atoms with Crippen molar-refractivity contribution in [2.75, 3.05) is 7.11 Å². The fourth-order valence-corrected chi connectivity index (χ4v) is 2.47. The molecule has 1 aromatic carbocycles. The number of ether oxygens (including phenoxy) is 1. The summed E-state index contributed by atoms with van der Waals surface area (Å²) < 4.78 is 43.3. The van der Waals surface area contributed by atoms with Gasteiger partial charge < -0.3 is 4.74 Å². The molecule has 122 valence electrons. The van der Waals surface area contributed by atoms with Gasteiger partial charge >= 0.3 is 12.1 Å². The quantitative estimate of drug-likeness (QED) is 0.506. The third-order valence-electron chi connectivity index (χ3n) is 2.90. The Labute approximate surface area is 143 Å². The van der Waals surface area contributed by atoms with Gasteiger partial charge in [0.2, 0.25) is 0 Å². The fraction of sp³-hybridized carbons (Fsp3) is 0.143. The molecule has 0 amide bonds. The first-order chi connectivity index (χ1) is 10.6. The molecule has 0 N–H and O–H groups in total. The van der Waals surface area contributed by atoms with Crippen molar-refractivity contribution in [3.05, 3.63) is 50.6 Å². The van der Waals surface area contributed by atoms with Crippen LogP contribution in [0.1, 0.15) is 15.9 Å². The number of carbonyl (C=O) groups is 1. The number of halogens is 6. The van der Waals surface area contributed by atoms with Gasteiger partial charge in [-0.15, -0.1) is 0 Å². The van der Waals surface area contributed by atoms with Gasteiger partial charge in [0.05, 0.1) is 39.0 Å². The van der Waals surface area contributed by atoms with Crippen molar-refractivity contribution in [3.8, 4) is 11.3 Å². The van der Waals surface area contributed by atoms with Gasteiger partial charge in [-0.05, 0) is 18.2 Å². The molecule has 0 saturated carbocycles. The van der Waals surface area contributed by atoms with E-state index in [0.717, 1.165) is 13.2 Å². The highest BCUT2D eigenvalue weighted by Crippen LogP contribution is 2.37. The summed E-state index contributed by atoms with van der Waals surface area (Å²) in [5.74, 6) is -1.14. The minimum absolute atomic E-state index is 0.0296. The Hall–Kier alpha value is -1.50. The SMILES string of the molecule is COC(=O)c1cc(-c2cc(Cl)c(Cl)cc2Cl)ncc1C(F)(F)F. The summed E-state index contributed by atoms with van der Waals surface area (Å²) in [6, 6.07) is 3.63. The molecule has 3 nitrogen and oxygen atoms in total. The Morgan fingerprint density at radius 2 is 1.70 bits per heavy atom. The first-order valence-electron chi connectivity index (χ1n) is 5.95. The fourth-order valence-electron chi connectivity index (χ4n) is 1.83. The summed E-state index contributed by atoms with van der Waals surface area (Å²) in [6.07, 6.45) is -4.21. The average molecular weight is 385 g/mol. The highest BCUT2D eigenvalue weighted by atomic mass is 35.5. The highest BCUT2D eigenvalue weighted by Gasteiger charge is 2.36. The van der Waals surface area contributed by atoms with E-state index in [2.05, 4.69) is 9.72 Å². The summed E-state index contributed by atoms with van der Waals surface area (Å²) >= 11 is 17.7. The molecule has 0 fully saturated rings. The Bertz CT molecular complexity index is 779. The zero-order valence-corrected chi connectivity index (χ0v) is 13.6. The molecule has 2 rings (SSSR count). The van der Waals surface area contributed by atoms with Crippen molar-refractivity contribution in [2.24, 2.45) is 0 Å². The lowest BCUT2D eigenvalue weighted by molar-refractivity contribution is -0.138. The number of benzene rings is 1. The van der Waals surface area contributed by atoms with Crippen LogP contribution in [0.2, 0.25) is 15.1 Å². The molecule has 1 aromatic heterocycles. The maximum Gasteiger partial charge on any atom is 0.418 e. The van der Waals surface area contributed by atoms with Crippen LogP contribution in [0.5, 0.6) is 0 Å². The third-order valence-corrected chi connectivity index (χ3v) is 3.94. The second-order valence-electron chi connectivity index (χ2n) is 4.35. The summed E-state index contributed by atoms with van der Waals surface area (Å²) in [5, 5.41) is 0.454. The molecule has 0 unspecified atom stereocenters. The van der Waals surface area contributed by atoms with E-state index in [4.69, 9.17) is 34.8 Å². The number of pyridine rings is 1. The Morgan fingerprint density at radius 1 is 1.09 bits per heavy atom. The first-order valence-corrected chi connectivity index (χ1v) is 7.09. The number of aromatic nitrogens is 1. The number of rotatable bonds is 2. The van der Waals surface area contributed by atoms with Crippen molar-refractivity contribution < 1.29 is 22.7 Å². The van der Waals surface area contributed by atoms with Crippen molar-refractivity contribution >= 4 is 40.8 Å². The number of methoxy groups -OCH3 is 1. The van der Waals surface area contributed by atoms with Gasteiger partial charge in [-0.3, -0.25) is 4.98 Å². The Kier molecular flexibility index (Phi) is 5.08. The summed E-state index contributed by atoms with van der Waals surface area (Å²) in [4.78, 5) is 15.4. The zero-order valence-electron chi connectivity index (χ0n) is 11.3. The van der Waals surface area contributed by atoms with Crippen molar-refractivity contribution in [3.63, 3.8) is 0 Å². The van der Waals surface area contributed by atoms with Crippen LogP contribution in [-0.4, -0.2) is 18.1 Å². The minimum atomic E-state index is -4.75. The molecular weight excluding hydrogens is 378 g/mol. The largest absolute Gasteiger partial charge is 0.465 e. The molecule has 0 bridgehead atoms. The van der Waals surface area contributed by atoms with E-state index in [1.807, 2.05) is 0 Å². The summed E-state index contributed by atoms with van der Waals surface area (Å²) in [7, 11) is 0.981. The normalized spacial score (nSPS) is 11.4.